The zero-order valence-corrected chi connectivity index (χ0v) is 20.9. The van der Waals surface area contributed by atoms with Gasteiger partial charge in [0.1, 0.15) is 0 Å². The molecule has 1 aliphatic rings. The molecule has 0 unspecified atom stereocenters. The SMILES string of the molecule is CCN(CC)CCCn1cc(C2=C(c3c[nH]c4ccccc34)C(=O)NC2=O)c2ccc(Br)cc21. The van der Waals surface area contributed by atoms with Crippen molar-refractivity contribution in [3.63, 3.8) is 0 Å². The van der Waals surface area contributed by atoms with Crippen LogP contribution in [0.5, 0.6) is 0 Å². The van der Waals surface area contributed by atoms with E-state index in [-0.39, 0.29) is 11.8 Å². The van der Waals surface area contributed by atoms with Gasteiger partial charge in [-0.2, -0.15) is 0 Å². The molecule has 0 radical (unpaired) electrons. The standard InChI is InChI=1S/C27H27BrN4O2/c1-3-31(4-2)12-7-13-32-16-21(19-11-10-17(28)14-23(19)32)25-24(26(33)30-27(25)34)20-15-29-22-9-6-5-8-18(20)22/h5-6,8-11,14-16,29H,3-4,7,12-13H2,1-2H3,(H,30,33,34). The molecule has 34 heavy (non-hydrogen) atoms. The molecule has 2 aromatic carbocycles. The highest BCUT2D eigenvalue weighted by Gasteiger charge is 2.35. The van der Waals surface area contributed by atoms with Crippen LogP contribution in [0.4, 0.5) is 0 Å². The van der Waals surface area contributed by atoms with E-state index in [0.29, 0.717) is 11.1 Å². The van der Waals surface area contributed by atoms with E-state index >= 15 is 0 Å². The number of carbonyl (C=O) groups is 2. The van der Waals surface area contributed by atoms with Crippen LogP contribution in [0.1, 0.15) is 31.4 Å². The minimum absolute atomic E-state index is 0.351. The summed E-state index contributed by atoms with van der Waals surface area (Å²) < 4.78 is 3.18. The van der Waals surface area contributed by atoms with E-state index in [2.05, 4.69) is 55.6 Å². The van der Waals surface area contributed by atoms with Gasteiger partial charge in [0.2, 0.25) is 0 Å². The fraction of sp³-hybridized carbons (Fsp3) is 0.259. The maximum absolute atomic E-state index is 13.1. The lowest BCUT2D eigenvalue weighted by Crippen LogP contribution is -2.24. The van der Waals surface area contributed by atoms with Crippen LogP contribution in [-0.4, -0.2) is 45.9 Å². The summed E-state index contributed by atoms with van der Waals surface area (Å²) in [5, 5.41) is 4.42. The average Bonchev–Trinajstić information content (AvgIpc) is 3.49. The number of benzene rings is 2. The van der Waals surface area contributed by atoms with Crippen LogP contribution in [0.15, 0.2) is 59.3 Å². The fourth-order valence-electron chi connectivity index (χ4n) is 4.90. The predicted molar refractivity (Wildman–Crippen MR) is 140 cm³/mol. The molecule has 0 atom stereocenters. The summed E-state index contributed by atoms with van der Waals surface area (Å²) in [4.78, 5) is 31.7. The topological polar surface area (TPSA) is 70.1 Å². The molecule has 2 aromatic heterocycles. The average molecular weight is 519 g/mol. The first-order chi connectivity index (χ1) is 16.5. The van der Waals surface area contributed by atoms with Gasteiger partial charge in [-0.3, -0.25) is 14.9 Å². The van der Waals surface area contributed by atoms with Crippen molar-refractivity contribution in [1.82, 2.24) is 19.8 Å². The number of imide groups is 1. The molecule has 6 nitrogen and oxygen atoms in total. The third-order valence-corrected chi connectivity index (χ3v) is 7.16. The maximum atomic E-state index is 13.1. The van der Waals surface area contributed by atoms with Gasteiger partial charge < -0.3 is 14.5 Å². The number of nitrogens with one attached hydrogen (secondary N) is 2. The number of rotatable bonds is 8. The van der Waals surface area contributed by atoms with Crippen LogP contribution in [0, 0.1) is 0 Å². The van der Waals surface area contributed by atoms with Gasteiger partial charge in [-0.1, -0.05) is 54.0 Å². The number of hydrogen-bond acceptors (Lipinski definition) is 3. The Morgan fingerprint density at radius 2 is 1.68 bits per heavy atom. The van der Waals surface area contributed by atoms with Crippen molar-refractivity contribution < 1.29 is 9.59 Å². The number of para-hydroxylation sites is 1. The number of aromatic nitrogens is 2. The van der Waals surface area contributed by atoms with E-state index in [9.17, 15) is 9.59 Å². The van der Waals surface area contributed by atoms with Crippen LogP contribution in [0.25, 0.3) is 33.0 Å². The molecule has 0 spiro atoms. The number of carbonyl (C=O) groups excluding carboxylic acids is 2. The molecule has 3 heterocycles. The Balaban J connectivity index is 1.65. The second-order valence-electron chi connectivity index (χ2n) is 8.56. The lowest BCUT2D eigenvalue weighted by Gasteiger charge is -2.18. The van der Waals surface area contributed by atoms with Crippen molar-refractivity contribution in [3.8, 4) is 0 Å². The van der Waals surface area contributed by atoms with Crippen LogP contribution < -0.4 is 5.32 Å². The van der Waals surface area contributed by atoms with Gasteiger partial charge in [0, 0.05) is 56.3 Å². The normalized spacial score (nSPS) is 14.2. The fourth-order valence-corrected chi connectivity index (χ4v) is 5.25. The minimum atomic E-state index is -0.357. The largest absolute Gasteiger partial charge is 0.361 e. The minimum Gasteiger partial charge on any atom is -0.361 e. The van der Waals surface area contributed by atoms with E-state index < -0.39 is 0 Å². The molecule has 0 aliphatic carbocycles. The van der Waals surface area contributed by atoms with E-state index in [1.54, 1.807) is 0 Å². The van der Waals surface area contributed by atoms with Crippen molar-refractivity contribution >= 4 is 60.7 Å². The first kappa shape index (κ1) is 22.6. The Bertz CT molecular complexity index is 1440. The quantitative estimate of drug-likeness (QED) is 0.315. The Hall–Kier alpha value is -3.16. The number of nitrogens with zero attached hydrogens (tertiary/aromatic N) is 2. The lowest BCUT2D eigenvalue weighted by molar-refractivity contribution is -0.122. The van der Waals surface area contributed by atoms with Gasteiger partial charge in [-0.05, 0) is 44.3 Å². The molecule has 2 amide bonds. The van der Waals surface area contributed by atoms with Crippen molar-refractivity contribution in [2.45, 2.75) is 26.8 Å². The third kappa shape index (κ3) is 3.89. The molecule has 0 bridgehead atoms. The monoisotopic (exact) mass is 518 g/mol. The number of aromatic amines is 1. The highest BCUT2D eigenvalue weighted by Crippen LogP contribution is 2.38. The van der Waals surface area contributed by atoms with Gasteiger partial charge >= 0.3 is 0 Å². The van der Waals surface area contributed by atoms with Crippen LogP contribution in [0.2, 0.25) is 0 Å². The number of hydrogen-bond donors (Lipinski definition) is 2. The van der Waals surface area contributed by atoms with Gasteiger partial charge in [0.05, 0.1) is 11.1 Å². The zero-order valence-electron chi connectivity index (χ0n) is 19.3. The van der Waals surface area contributed by atoms with Crippen molar-refractivity contribution in [2.75, 3.05) is 19.6 Å². The summed E-state index contributed by atoms with van der Waals surface area (Å²) >= 11 is 3.59. The first-order valence-electron chi connectivity index (χ1n) is 11.7. The molecule has 174 valence electrons. The smallest absolute Gasteiger partial charge is 0.259 e. The number of fused-ring (bicyclic) bond motifs is 2. The second kappa shape index (κ2) is 9.24. The Kier molecular flexibility index (Phi) is 6.15. The maximum Gasteiger partial charge on any atom is 0.259 e. The van der Waals surface area contributed by atoms with Gasteiger partial charge in [-0.25, -0.2) is 0 Å². The van der Waals surface area contributed by atoms with E-state index in [0.717, 1.165) is 70.0 Å². The Labute approximate surface area is 206 Å². The van der Waals surface area contributed by atoms with Crippen LogP contribution in [0.3, 0.4) is 0 Å². The molecule has 0 fully saturated rings. The molecule has 0 saturated carbocycles. The summed E-state index contributed by atoms with van der Waals surface area (Å²) in [6, 6.07) is 13.9. The highest BCUT2D eigenvalue weighted by atomic mass is 79.9. The van der Waals surface area contributed by atoms with Gasteiger partial charge in [0.15, 0.2) is 0 Å². The summed E-state index contributed by atoms with van der Waals surface area (Å²) in [6.45, 7) is 8.26. The Morgan fingerprint density at radius 3 is 2.44 bits per heavy atom. The summed E-state index contributed by atoms with van der Waals surface area (Å²) in [6.07, 6.45) is 4.84. The van der Waals surface area contributed by atoms with Crippen molar-refractivity contribution in [3.05, 3.63) is 70.5 Å². The molecular weight excluding hydrogens is 492 g/mol. The lowest BCUT2D eigenvalue weighted by atomic mass is 9.95. The molecule has 0 saturated heterocycles. The number of aryl methyl sites for hydroxylation is 1. The molecule has 4 aromatic rings. The van der Waals surface area contributed by atoms with E-state index in [4.69, 9.17) is 0 Å². The Morgan fingerprint density at radius 1 is 0.941 bits per heavy atom. The summed E-state index contributed by atoms with van der Waals surface area (Å²) in [5.41, 5.74) is 4.36. The van der Waals surface area contributed by atoms with Gasteiger partial charge in [-0.15, -0.1) is 0 Å². The molecular formula is C27H27BrN4O2. The first-order valence-corrected chi connectivity index (χ1v) is 12.5. The predicted octanol–water partition coefficient (Wildman–Crippen LogP) is 5.18. The number of amides is 2. The molecule has 7 heteroatoms. The van der Waals surface area contributed by atoms with Crippen molar-refractivity contribution in [1.29, 1.82) is 0 Å². The number of halogens is 1. The third-order valence-electron chi connectivity index (χ3n) is 6.67. The van der Waals surface area contributed by atoms with Crippen molar-refractivity contribution in [2.24, 2.45) is 0 Å². The summed E-state index contributed by atoms with van der Waals surface area (Å²) in [7, 11) is 0. The van der Waals surface area contributed by atoms with E-state index in [1.807, 2.05) is 48.8 Å². The molecule has 1 aliphatic heterocycles. The second-order valence-corrected chi connectivity index (χ2v) is 9.47. The van der Waals surface area contributed by atoms with Crippen LogP contribution >= 0.6 is 15.9 Å². The van der Waals surface area contributed by atoms with E-state index in [1.165, 1.54) is 0 Å². The summed E-state index contributed by atoms with van der Waals surface area (Å²) in [5.74, 6) is -0.709. The highest BCUT2D eigenvalue weighted by molar-refractivity contribution is 9.10. The number of H-pyrrole nitrogens is 1. The molecule has 5 rings (SSSR count). The molecule has 2 N–H and O–H groups in total. The zero-order chi connectivity index (χ0) is 23.8. The van der Waals surface area contributed by atoms with Crippen LogP contribution in [-0.2, 0) is 16.1 Å². The van der Waals surface area contributed by atoms with Gasteiger partial charge in [0.25, 0.3) is 11.8 Å².